The van der Waals surface area contributed by atoms with Gasteiger partial charge in [0, 0.05) is 31.6 Å². The molecule has 0 amide bonds. The summed E-state index contributed by atoms with van der Waals surface area (Å²) < 4.78 is 0. The van der Waals surface area contributed by atoms with Gasteiger partial charge in [0.25, 0.3) is 0 Å². The molecule has 1 heterocycles. The van der Waals surface area contributed by atoms with E-state index < -0.39 is 0 Å². The number of amidine groups is 1. The van der Waals surface area contributed by atoms with Crippen molar-refractivity contribution in [3.8, 4) is 0 Å². The topological polar surface area (TPSA) is 68.6 Å². The number of allylic oxidation sites excluding steroid dienone is 4. The lowest BCUT2D eigenvalue weighted by atomic mass is 10.00. The van der Waals surface area contributed by atoms with Crippen LogP contribution in [0.4, 0.5) is 5.69 Å². The molecule has 0 atom stereocenters. The number of carbonyl (C=O) groups is 1. The first kappa shape index (κ1) is 23.4. The SMILES string of the molecule is CC=N/C=C\C=C/C.CN/C(C=O)=C1/CCCN(c2ccc(C)cc2Cl)C1=N. The van der Waals surface area contributed by atoms with Crippen LogP contribution >= 0.6 is 11.6 Å². The first-order chi connectivity index (χ1) is 13.5. The lowest BCUT2D eigenvalue weighted by Gasteiger charge is -2.32. The van der Waals surface area contributed by atoms with Gasteiger partial charge in [-0.1, -0.05) is 29.8 Å². The van der Waals surface area contributed by atoms with E-state index in [0.29, 0.717) is 16.6 Å². The molecule has 0 radical (unpaired) electrons. The molecule has 28 heavy (non-hydrogen) atoms. The maximum Gasteiger partial charge on any atom is 0.166 e. The van der Waals surface area contributed by atoms with Crippen molar-refractivity contribution in [2.45, 2.75) is 33.6 Å². The molecule has 1 saturated heterocycles. The number of hydrogen-bond donors (Lipinski definition) is 2. The third-order valence-electron chi connectivity index (χ3n) is 4.10. The minimum atomic E-state index is 0.346. The quantitative estimate of drug-likeness (QED) is 0.314. The zero-order valence-electron chi connectivity index (χ0n) is 17.0. The third-order valence-corrected chi connectivity index (χ3v) is 4.40. The molecule has 0 bridgehead atoms. The standard InChI is InChI=1S/C15H18ClN3O.C7H11N/c1-10-5-6-14(12(16)8-10)19-7-3-4-11(15(19)17)13(9-20)18-2;1-3-5-6-7-8-4-2/h5-6,8-9,17-18H,3-4,7H2,1-2H3;3-7H,1-2H3/b13-11-,17-15?;5-3-,7-6-,8-4?. The summed E-state index contributed by atoms with van der Waals surface area (Å²) in [6, 6.07) is 5.79. The Morgan fingerprint density at radius 3 is 2.64 bits per heavy atom. The Labute approximate surface area is 173 Å². The molecule has 0 aliphatic carbocycles. The Balaban J connectivity index is 0.000000416. The normalized spacial score (nSPS) is 16.5. The summed E-state index contributed by atoms with van der Waals surface area (Å²) in [5, 5.41) is 11.8. The van der Waals surface area contributed by atoms with Crippen molar-refractivity contribution < 1.29 is 4.79 Å². The lowest BCUT2D eigenvalue weighted by Crippen LogP contribution is -2.38. The van der Waals surface area contributed by atoms with Crippen LogP contribution in [-0.2, 0) is 4.79 Å². The van der Waals surface area contributed by atoms with Gasteiger partial charge in [0.15, 0.2) is 6.29 Å². The highest BCUT2D eigenvalue weighted by molar-refractivity contribution is 6.34. The van der Waals surface area contributed by atoms with Gasteiger partial charge in [0.2, 0.25) is 0 Å². The molecule has 0 saturated carbocycles. The number of nitrogens with zero attached hydrogens (tertiary/aromatic N) is 2. The van der Waals surface area contributed by atoms with E-state index in [4.69, 9.17) is 17.0 Å². The molecule has 1 aliphatic heterocycles. The molecule has 0 spiro atoms. The molecule has 1 aromatic rings. The van der Waals surface area contributed by atoms with Crippen molar-refractivity contribution in [2.24, 2.45) is 4.99 Å². The monoisotopic (exact) mass is 400 g/mol. The lowest BCUT2D eigenvalue weighted by molar-refractivity contribution is -0.105. The number of aldehydes is 1. The van der Waals surface area contributed by atoms with Gasteiger partial charge in [0.05, 0.1) is 16.4 Å². The van der Waals surface area contributed by atoms with E-state index in [9.17, 15) is 4.79 Å². The van der Waals surface area contributed by atoms with Crippen molar-refractivity contribution in [3.63, 3.8) is 0 Å². The zero-order valence-corrected chi connectivity index (χ0v) is 17.8. The van der Waals surface area contributed by atoms with Crippen molar-refractivity contribution in [2.75, 3.05) is 18.5 Å². The first-order valence-electron chi connectivity index (χ1n) is 9.24. The summed E-state index contributed by atoms with van der Waals surface area (Å²) in [5.74, 6) is 0.346. The number of rotatable bonds is 5. The Kier molecular flexibility index (Phi) is 10.6. The average Bonchev–Trinajstić information content (AvgIpc) is 2.69. The second-order valence-corrected chi connectivity index (χ2v) is 6.50. The second kappa shape index (κ2) is 12.7. The van der Waals surface area contributed by atoms with Crippen LogP contribution in [0.25, 0.3) is 0 Å². The fourth-order valence-corrected chi connectivity index (χ4v) is 3.06. The van der Waals surface area contributed by atoms with Crippen LogP contribution in [-0.4, -0.2) is 31.9 Å². The smallest absolute Gasteiger partial charge is 0.166 e. The Morgan fingerprint density at radius 2 is 2.07 bits per heavy atom. The summed E-state index contributed by atoms with van der Waals surface area (Å²) in [5.41, 5.74) is 3.12. The average molecular weight is 401 g/mol. The molecule has 1 aromatic carbocycles. The number of nitrogens with one attached hydrogen (secondary N) is 2. The van der Waals surface area contributed by atoms with Crippen LogP contribution in [0.5, 0.6) is 0 Å². The van der Waals surface area contributed by atoms with Crippen molar-refractivity contribution in [1.29, 1.82) is 5.41 Å². The van der Waals surface area contributed by atoms with E-state index in [1.54, 1.807) is 19.5 Å². The van der Waals surface area contributed by atoms with E-state index in [1.807, 2.05) is 62.1 Å². The van der Waals surface area contributed by atoms with E-state index in [-0.39, 0.29) is 0 Å². The highest BCUT2D eigenvalue weighted by atomic mass is 35.5. The fourth-order valence-electron chi connectivity index (χ4n) is 2.72. The van der Waals surface area contributed by atoms with Gasteiger partial charge in [-0.05, 0) is 57.4 Å². The number of aliphatic imine (C=N–C) groups is 1. The molecule has 2 rings (SSSR count). The zero-order chi connectivity index (χ0) is 20.9. The molecular weight excluding hydrogens is 372 g/mol. The van der Waals surface area contributed by atoms with Gasteiger partial charge in [-0.25, -0.2) is 0 Å². The summed E-state index contributed by atoms with van der Waals surface area (Å²) in [6.07, 6.45) is 11.7. The number of anilines is 1. The summed E-state index contributed by atoms with van der Waals surface area (Å²) >= 11 is 6.28. The number of carbonyl (C=O) groups excluding carboxylic acids is 1. The number of benzene rings is 1. The van der Waals surface area contributed by atoms with Crippen LogP contribution in [0, 0.1) is 12.3 Å². The Hall–Kier alpha value is -2.66. The molecule has 0 unspecified atom stereocenters. The summed E-state index contributed by atoms with van der Waals surface area (Å²) in [4.78, 5) is 16.8. The predicted octanol–water partition coefficient (Wildman–Crippen LogP) is 5.07. The minimum Gasteiger partial charge on any atom is -0.385 e. The molecule has 150 valence electrons. The fraction of sp³-hybridized carbons (Fsp3) is 0.318. The number of halogens is 1. The van der Waals surface area contributed by atoms with Crippen molar-refractivity contribution in [3.05, 3.63) is 64.5 Å². The summed E-state index contributed by atoms with van der Waals surface area (Å²) in [7, 11) is 1.70. The predicted molar refractivity (Wildman–Crippen MR) is 121 cm³/mol. The van der Waals surface area contributed by atoms with Gasteiger partial charge >= 0.3 is 0 Å². The highest BCUT2D eigenvalue weighted by Crippen LogP contribution is 2.31. The van der Waals surface area contributed by atoms with Gasteiger partial charge in [-0.2, -0.15) is 0 Å². The van der Waals surface area contributed by atoms with E-state index in [2.05, 4.69) is 10.3 Å². The highest BCUT2D eigenvalue weighted by Gasteiger charge is 2.25. The van der Waals surface area contributed by atoms with Crippen LogP contribution in [0.1, 0.15) is 32.3 Å². The molecule has 5 nitrogen and oxygen atoms in total. The van der Waals surface area contributed by atoms with E-state index in [0.717, 1.165) is 42.5 Å². The van der Waals surface area contributed by atoms with Gasteiger partial charge in [0.1, 0.15) is 5.84 Å². The second-order valence-electron chi connectivity index (χ2n) is 6.09. The first-order valence-corrected chi connectivity index (χ1v) is 9.62. The van der Waals surface area contributed by atoms with Crippen LogP contribution < -0.4 is 10.2 Å². The van der Waals surface area contributed by atoms with Crippen LogP contribution in [0.3, 0.4) is 0 Å². The van der Waals surface area contributed by atoms with E-state index in [1.165, 1.54) is 0 Å². The maximum absolute atomic E-state index is 11.1. The van der Waals surface area contributed by atoms with Crippen LogP contribution in [0.15, 0.2) is 58.9 Å². The van der Waals surface area contributed by atoms with Gasteiger partial charge < -0.3 is 10.2 Å². The molecule has 2 N–H and O–H groups in total. The van der Waals surface area contributed by atoms with Crippen molar-refractivity contribution in [1.82, 2.24) is 5.32 Å². The Bertz CT molecular complexity index is 780. The number of likely N-dealkylation sites (N-methyl/N-ethyl adjacent to an activating group) is 1. The molecule has 1 aliphatic rings. The number of piperidine rings is 1. The third kappa shape index (κ3) is 6.82. The van der Waals surface area contributed by atoms with E-state index >= 15 is 0 Å². The number of hydrogen-bond acceptors (Lipinski definition) is 4. The molecule has 6 heteroatoms. The maximum atomic E-state index is 11.1. The van der Waals surface area contributed by atoms with Gasteiger partial charge in [-0.3, -0.25) is 15.2 Å². The Morgan fingerprint density at radius 1 is 1.32 bits per heavy atom. The van der Waals surface area contributed by atoms with Crippen LogP contribution in [0.2, 0.25) is 5.02 Å². The number of aryl methyl sites for hydroxylation is 1. The molecule has 0 aromatic heterocycles. The molecule has 1 fully saturated rings. The minimum absolute atomic E-state index is 0.346. The summed E-state index contributed by atoms with van der Waals surface area (Å²) in [6.45, 7) is 6.58. The van der Waals surface area contributed by atoms with Crippen molar-refractivity contribution >= 4 is 35.6 Å². The van der Waals surface area contributed by atoms with Gasteiger partial charge in [-0.15, -0.1) is 0 Å². The largest absolute Gasteiger partial charge is 0.385 e. The molecular formula is C22H29ClN4O.